The van der Waals surface area contributed by atoms with Crippen LogP contribution in [0.2, 0.25) is 0 Å². The Labute approximate surface area is 205 Å². The van der Waals surface area contributed by atoms with Crippen LogP contribution in [0.25, 0.3) is 0 Å². The molecule has 2 saturated heterocycles. The Kier molecular flexibility index (Phi) is 9.45. The molecule has 2 heterocycles. The summed E-state index contributed by atoms with van der Waals surface area (Å²) in [5, 5.41) is 80.1. The predicted octanol–water partition coefficient (Wildman–Crippen LogP) is -3.04. The summed E-state index contributed by atoms with van der Waals surface area (Å²) in [6, 6.07) is 3.60. The Balaban J connectivity index is 1.66. The van der Waals surface area contributed by atoms with Gasteiger partial charge in [0.2, 0.25) is 6.29 Å². The van der Waals surface area contributed by atoms with E-state index in [4.69, 9.17) is 23.7 Å². The van der Waals surface area contributed by atoms with Gasteiger partial charge in [0.15, 0.2) is 6.29 Å². The van der Waals surface area contributed by atoms with Crippen LogP contribution in [0.5, 0.6) is 11.5 Å². The number of aliphatic hydroxyl groups is 7. The van der Waals surface area contributed by atoms with E-state index < -0.39 is 92.4 Å². The smallest absolute Gasteiger partial charge is 0.342 e. The number of carbonyl (C=O) groups is 1. The second-order valence-electron chi connectivity index (χ2n) is 8.80. The van der Waals surface area contributed by atoms with Crippen LogP contribution in [0.1, 0.15) is 24.2 Å². The van der Waals surface area contributed by atoms with Crippen molar-refractivity contribution in [2.45, 2.75) is 81.4 Å². The molecule has 0 saturated carbocycles. The quantitative estimate of drug-likeness (QED) is 0.160. The zero-order valence-corrected chi connectivity index (χ0v) is 19.5. The lowest BCUT2D eigenvalue weighted by Gasteiger charge is -2.42. The molecule has 36 heavy (non-hydrogen) atoms. The molecule has 0 radical (unpaired) electrons. The number of hydrogen-bond acceptors (Lipinski definition) is 14. The van der Waals surface area contributed by atoms with Crippen molar-refractivity contribution >= 4 is 5.97 Å². The van der Waals surface area contributed by atoms with Gasteiger partial charge in [-0.3, -0.25) is 0 Å². The monoisotopic (exact) mass is 520 g/mol. The molecule has 0 aliphatic carbocycles. The van der Waals surface area contributed by atoms with Gasteiger partial charge in [-0.25, -0.2) is 4.79 Å². The second kappa shape index (κ2) is 12.0. The van der Waals surface area contributed by atoms with Gasteiger partial charge in [0.25, 0.3) is 0 Å². The summed E-state index contributed by atoms with van der Waals surface area (Å²) in [6.45, 7) is 2.09. The van der Waals surface area contributed by atoms with E-state index in [0.717, 1.165) is 6.07 Å². The minimum absolute atomic E-state index is 0.0464. The Hall–Kier alpha value is -2.11. The number of benzene rings is 1. The van der Waals surface area contributed by atoms with E-state index in [1.165, 1.54) is 12.1 Å². The van der Waals surface area contributed by atoms with Crippen LogP contribution in [0.4, 0.5) is 0 Å². The first kappa shape index (κ1) is 28.5. The lowest BCUT2D eigenvalue weighted by molar-refractivity contribution is -0.323. The number of aliphatic hydroxyl groups excluding tert-OH is 7. The molecular weight excluding hydrogens is 488 g/mol. The first-order valence-corrected chi connectivity index (χ1v) is 11.3. The molecule has 0 aromatic heterocycles. The fourth-order valence-corrected chi connectivity index (χ4v) is 3.72. The Morgan fingerprint density at radius 3 is 2.06 bits per heavy atom. The highest BCUT2D eigenvalue weighted by Gasteiger charge is 2.47. The highest BCUT2D eigenvalue weighted by atomic mass is 16.7. The van der Waals surface area contributed by atoms with E-state index in [-0.39, 0.29) is 11.3 Å². The maximum atomic E-state index is 12.0. The molecule has 0 amide bonds. The first-order valence-electron chi connectivity index (χ1n) is 11.3. The summed E-state index contributed by atoms with van der Waals surface area (Å²) in [5.74, 6) is -1.27. The number of phenols is 1. The number of aromatic hydroxyl groups is 1. The second-order valence-corrected chi connectivity index (χ2v) is 8.80. The molecule has 1 aromatic carbocycles. The zero-order valence-electron chi connectivity index (χ0n) is 19.5. The predicted molar refractivity (Wildman–Crippen MR) is 116 cm³/mol. The Bertz CT molecular complexity index is 878. The molecule has 8 N–H and O–H groups in total. The third kappa shape index (κ3) is 6.23. The normalized spacial score (nSPS) is 37.1. The molecule has 2 aliphatic rings. The van der Waals surface area contributed by atoms with Crippen molar-refractivity contribution in [3.05, 3.63) is 23.8 Å². The third-order valence-corrected chi connectivity index (χ3v) is 5.73. The lowest BCUT2D eigenvalue weighted by atomic mass is 9.98. The van der Waals surface area contributed by atoms with Crippen LogP contribution >= 0.6 is 0 Å². The van der Waals surface area contributed by atoms with Crippen LogP contribution in [-0.2, 0) is 18.9 Å². The molecule has 2 fully saturated rings. The molecule has 3 rings (SSSR count). The number of carbonyl (C=O) groups excluding carboxylic acids is 1. The number of hydrogen-bond donors (Lipinski definition) is 8. The maximum absolute atomic E-state index is 12.0. The van der Waals surface area contributed by atoms with Crippen molar-refractivity contribution < 1.29 is 69.3 Å². The SMILES string of the molecule is CC(C)OC(=O)c1ccc(O[C@@H]2O[C@H](CO[C@@H]3O[C@H](CO)[C@@H](O)[C@H](O)[C@H]3O)[C@@H](O)[C@H](O)[C@H]2O)cc1O. The fourth-order valence-electron chi connectivity index (χ4n) is 3.72. The number of ether oxygens (including phenoxy) is 5. The molecule has 14 heteroatoms. The van der Waals surface area contributed by atoms with Crippen molar-refractivity contribution in [3.63, 3.8) is 0 Å². The van der Waals surface area contributed by atoms with Gasteiger partial charge in [0.05, 0.1) is 19.3 Å². The first-order chi connectivity index (χ1) is 16.9. The van der Waals surface area contributed by atoms with E-state index >= 15 is 0 Å². The molecule has 14 nitrogen and oxygen atoms in total. The van der Waals surface area contributed by atoms with E-state index in [9.17, 15) is 45.6 Å². The van der Waals surface area contributed by atoms with Gasteiger partial charge in [-0.1, -0.05) is 0 Å². The highest BCUT2D eigenvalue weighted by molar-refractivity contribution is 5.92. The molecule has 2 aliphatic heterocycles. The molecule has 0 spiro atoms. The van der Waals surface area contributed by atoms with Crippen molar-refractivity contribution in [1.29, 1.82) is 0 Å². The van der Waals surface area contributed by atoms with Crippen LogP contribution in [0.3, 0.4) is 0 Å². The van der Waals surface area contributed by atoms with Gasteiger partial charge in [-0.15, -0.1) is 0 Å². The molecule has 0 unspecified atom stereocenters. The van der Waals surface area contributed by atoms with Gasteiger partial charge in [-0.2, -0.15) is 0 Å². The van der Waals surface area contributed by atoms with Crippen LogP contribution in [-0.4, -0.2) is 128 Å². The molecule has 10 atom stereocenters. The third-order valence-electron chi connectivity index (χ3n) is 5.73. The van der Waals surface area contributed by atoms with E-state index in [2.05, 4.69) is 0 Å². The van der Waals surface area contributed by atoms with Crippen LogP contribution in [0.15, 0.2) is 18.2 Å². The van der Waals surface area contributed by atoms with Gasteiger partial charge in [0.1, 0.15) is 65.9 Å². The highest BCUT2D eigenvalue weighted by Crippen LogP contribution is 2.30. The molecule has 204 valence electrons. The summed E-state index contributed by atoms with van der Waals surface area (Å²) in [6.07, 6.45) is -16.1. The minimum atomic E-state index is -1.75. The van der Waals surface area contributed by atoms with Crippen LogP contribution in [0, 0.1) is 0 Å². The fraction of sp³-hybridized carbons (Fsp3) is 0.682. The van der Waals surface area contributed by atoms with Gasteiger partial charge < -0.3 is 64.5 Å². The Morgan fingerprint density at radius 2 is 1.47 bits per heavy atom. The lowest BCUT2D eigenvalue weighted by Crippen LogP contribution is -2.62. The van der Waals surface area contributed by atoms with Crippen molar-refractivity contribution in [1.82, 2.24) is 0 Å². The largest absolute Gasteiger partial charge is 0.507 e. The Morgan fingerprint density at radius 1 is 0.889 bits per heavy atom. The number of esters is 1. The van der Waals surface area contributed by atoms with Crippen molar-refractivity contribution in [3.8, 4) is 11.5 Å². The number of rotatable bonds is 8. The standard InChI is InChI=1S/C22H32O14/c1-8(2)33-20(31)10-4-3-9(5-11(10)24)34-22-19(30)17(28)15(26)13(36-22)7-32-21-18(29)16(27)14(25)12(6-23)35-21/h3-5,8,12-19,21-30H,6-7H2,1-2H3/t12-,13-,14-,15-,16+,17+,18-,19-,21-,22-/m1/s1. The summed E-state index contributed by atoms with van der Waals surface area (Å²) in [4.78, 5) is 12.0. The average molecular weight is 520 g/mol. The molecule has 0 bridgehead atoms. The van der Waals surface area contributed by atoms with E-state index in [1.54, 1.807) is 13.8 Å². The summed E-state index contributed by atoms with van der Waals surface area (Å²) < 4.78 is 26.6. The number of phenolic OH excluding ortho intramolecular Hbond substituents is 1. The van der Waals surface area contributed by atoms with E-state index in [0.29, 0.717) is 0 Å². The molecular formula is C22H32O14. The van der Waals surface area contributed by atoms with Gasteiger partial charge in [0, 0.05) is 6.07 Å². The van der Waals surface area contributed by atoms with Gasteiger partial charge >= 0.3 is 5.97 Å². The van der Waals surface area contributed by atoms with E-state index in [1.807, 2.05) is 0 Å². The summed E-state index contributed by atoms with van der Waals surface area (Å²) in [5.41, 5.74) is -0.123. The maximum Gasteiger partial charge on any atom is 0.342 e. The average Bonchev–Trinajstić information content (AvgIpc) is 2.82. The molecule has 1 aromatic rings. The van der Waals surface area contributed by atoms with Crippen molar-refractivity contribution in [2.24, 2.45) is 0 Å². The summed E-state index contributed by atoms with van der Waals surface area (Å²) >= 11 is 0. The topological polar surface area (TPSA) is 225 Å². The van der Waals surface area contributed by atoms with Crippen LogP contribution < -0.4 is 4.74 Å². The van der Waals surface area contributed by atoms with Gasteiger partial charge in [-0.05, 0) is 26.0 Å². The minimum Gasteiger partial charge on any atom is -0.507 e. The summed E-state index contributed by atoms with van der Waals surface area (Å²) in [7, 11) is 0. The zero-order chi connectivity index (χ0) is 26.7. The van der Waals surface area contributed by atoms with Crippen molar-refractivity contribution in [2.75, 3.05) is 13.2 Å².